The van der Waals surface area contributed by atoms with Crippen molar-refractivity contribution in [3.05, 3.63) is 24.0 Å². The fourth-order valence-electron chi connectivity index (χ4n) is 1.16. The van der Waals surface area contributed by atoms with Crippen LogP contribution in [0.4, 0.5) is 0 Å². The zero-order chi connectivity index (χ0) is 10.6. The molecule has 0 bridgehead atoms. The van der Waals surface area contributed by atoms with Gasteiger partial charge >= 0.3 is 0 Å². The number of nitrogens with two attached hydrogens (primary N) is 1. The van der Waals surface area contributed by atoms with Crippen molar-refractivity contribution in [3.63, 3.8) is 0 Å². The lowest BCUT2D eigenvalue weighted by Gasteiger charge is -2.11. The smallest absolute Gasteiger partial charge is 0.137 e. The largest absolute Gasteiger partial charge is 0.489 e. The summed E-state index contributed by atoms with van der Waals surface area (Å²) >= 11 is 0. The second-order valence-corrected chi connectivity index (χ2v) is 3.60. The number of rotatable bonds is 4. The second-order valence-electron chi connectivity index (χ2n) is 3.60. The van der Waals surface area contributed by atoms with Crippen LogP contribution in [0.1, 0.15) is 38.9 Å². The highest BCUT2D eigenvalue weighted by Crippen LogP contribution is 2.15. The Labute approximate surface area is 85.3 Å². The van der Waals surface area contributed by atoms with Gasteiger partial charge in [0, 0.05) is 6.04 Å². The molecule has 0 aliphatic heterocycles. The fourth-order valence-corrected chi connectivity index (χ4v) is 1.16. The van der Waals surface area contributed by atoms with Crippen molar-refractivity contribution in [2.45, 2.75) is 39.3 Å². The fraction of sp³-hybridized carbons (Fsp3) is 0.545. The lowest BCUT2D eigenvalue weighted by Crippen LogP contribution is -2.11. The van der Waals surface area contributed by atoms with Crippen molar-refractivity contribution in [2.75, 3.05) is 0 Å². The van der Waals surface area contributed by atoms with Gasteiger partial charge in [-0.1, -0.05) is 6.92 Å². The van der Waals surface area contributed by atoms with E-state index in [0.717, 1.165) is 17.9 Å². The molecule has 14 heavy (non-hydrogen) atoms. The number of hydrogen-bond donors (Lipinski definition) is 1. The van der Waals surface area contributed by atoms with Crippen molar-refractivity contribution >= 4 is 0 Å². The first-order chi connectivity index (χ1) is 6.63. The van der Waals surface area contributed by atoms with Gasteiger partial charge in [-0.25, -0.2) is 0 Å². The summed E-state index contributed by atoms with van der Waals surface area (Å²) in [5.74, 6) is 0.798. The highest BCUT2D eigenvalue weighted by Gasteiger charge is 2.05. The summed E-state index contributed by atoms with van der Waals surface area (Å²) in [5, 5.41) is 0. The molecule has 0 aliphatic rings. The normalized spacial score (nSPS) is 12.9. The van der Waals surface area contributed by atoms with Crippen LogP contribution in [0.3, 0.4) is 0 Å². The summed E-state index contributed by atoms with van der Waals surface area (Å²) in [6, 6.07) is 3.87. The second kappa shape index (κ2) is 4.96. The van der Waals surface area contributed by atoms with Gasteiger partial charge in [0.2, 0.25) is 0 Å². The van der Waals surface area contributed by atoms with E-state index in [1.807, 2.05) is 32.9 Å². The maximum Gasteiger partial charge on any atom is 0.137 e. The van der Waals surface area contributed by atoms with E-state index in [9.17, 15) is 0 Å². The number of pyridine rings is 1. The van der Waals surface area contributed by atoms with Gasteiger partial charge in [0.1, 0.15) is 5.75 Å². The first-order valence-electron chi connectivity index (χ1n) is 5.01. The van der Waals surface area contributed by atoms with Crippen molar-refractivity contribution in [2.24, 2.45) is 5.73 Å². The van der Waals surface area contributed by atoms with Crippen molar-refractivity contribution < 1.29 is 4.74 Å². The average Bonchev–Trinajstić information content (AvgIpc) is 2.17. The van der Waals surface area contributed by atoms with E-state index >= 15 is 0 Å². The van der Waals surface area contributed by atoms with Gasteiger partial charge in [0.25, 0.3) is 0 Å². The maximum atomic E-state index is 5.84. The lowest BCUT2D eigenvalue weighted by atomic mass is 10.1. The van der Waals surface area contributed by atoms with Crippen molar-refractivity contribution in [3.8, 4) is 5.75 Å². The van der Waals surface area contributed by atoms with Gasteiger partial charge < -0.3 is 10.5 Å². The monoisotopic (exact) mass is 194 g/mol. The van der Waals surface area contributed by atoms with E-state index in [4.69, 9.17) is 10.5 Å². The molecule has 0 unspecified atom stereocenters. The molecule has 0 aliphatic carbocycles. The van der Waals surface area contributed by atoms with E-state index in [0.29, 0.717) is 0 Å². The van der Waals surface area contributed by atoms with E-state index in [2.05, 4.69) is 4.98 Å². The molecular weight excluding hydrogens is 176 g/mol. The summed E-state index contributed by atoms with van der Waals surface area (Å²) in [6.07, 6.45) is 2.81. The Balaban J connectivity index is 2.68. The van der Waals surface area contributed by atoms with Crippen LogP contribution in [-0.2, 0) is 0 Å². The molecule has 3 heteroatoms. The Morgan fingerprint density at radius 1 is 1.43 bits per heavy atom. The third-order valence-corrected chi connectivity index (χ3v) is 1.95. The van der Waals surface area contributed by atoms with Crippen molar-refractivity contribution in [1.82, 2.24) is 4.98 Å². The minimum atomic E-state index is 0.0306. The number of hydrogen-bond acceptors (Lipinski definition) is 3. The predicted molar refractivity (Wildman–Crippen MR) is 57.2 cm³/mol. The molecule has 0 radical (unpaired) electrons. The molecule has 0 saturated heterocycles. The predicted octanol–water partition coefficient (Wildman–Crippen LogP) is 2.28. The molecule has 0 aromatic carbocycles. The average molecular weight is 194 g/mol. The summed E-state index contributed by atoms with van der Waals surface area (Å²) in [4.78, 5) is 4.25. The van der Waals surface area contributed by atoms with E-state index in [-0.39, 0.29) is 12.1 Å². The minimum Gasteiger partial charge on any atom is -0.489 e. The standard InChI is InChI=1S/C11H18N2O/c1-4-10(12)11-6-5-9(7-13-11)14-8(2)3/h5-8,10H,4,12H2,1-3H3/t10-/m1/s1. The highest BCUT2D eigenvalue weighted by molar-refractivity contribution is 5.21. The van der Waals surface area contributed by atoms with E-state index in [1.165, 1.54) is 0 Å². The number of aromatic nitrogens is 1. The first kappa shape index (κ1) is 11.0. The van der Waals surface area contributed by atoms with Gasteiger partial charge in [0.15, 0.2) is 0 Å². The van der Waals surface area contributed by atoms with Crippen LogP contribution < -0.4 is 10.5 Å². The topological polar surface area (TPSA) is 48.1 Å². The van der Waals surface area contributed by atoms with Crippen LogP contribution >= 0.6 is 0 Å². The van der Waals surface area contributed by atoms with Crippen LogP contribution in [0.5, 0.6) is 5.75 Å². The summed E-state index contributed by atoms with van der Waals surface area (Å²) < 4.78 is 5.48. The quantitative estimate of drug-likeness (QED) is 0.800. The van der Waals surface area contributed by atoms with Crippen LogP contribution in [0.25, 0.3) is 0 Å². The Bertz CT molecular complexity index is 269. The van der Waals surface area contributed by atoms with Crippen LogP contribution in [0.15, 0.2) is 18.3 Å². The summed E-state index contributed by atoms with van der Waals surface area (Å²) in [6.45, 7) is 6.03. The van der Waals surface area contributed by atoms with Gasteiger partial charge in [0.05, 0.1) is 18.0 Å². The number of ether oxygens (including phenoxy) is 1. The molecule has 0 fully saturated rings. The molecule has 1 heterocycles. The zero-order valence-electron chi connectivity index (χ0n) is 9.03. The third-order valence-electron chi connectivity index (χ3n) is 1.95. The van der Waals surface area contributed by atoms with Gasteiger partial charge in [-0.15, -0.1) is 0 Å². The van der Waals surface area contributed by atoms with Crippen LogP contribution in [0.2, 0.25) is 0 Å². The number of nitrogens with zero attached hydrogens (tertiary/aromatic N) is 1. The van der Waals surface area contributed by atoms with E-state index < -0.39 is 0 Å². The van der Waals surface area contributed by atoms with Gasteiger partial charge in [-0.05, 0) is 32.4 Å². The maximum absolute atomic E-state index is 5.84. The molecule has 78 valence electrons. The first-order valence-corrected chi connectivity index (χ1v) is 5.01. The Morgan fingerprint density at radius 2 is 2.14 bits per heavy atom. The molecule has 2 N–H and O–H groups in total. The highest BCUT2D eigenvalue weighted by atomic mass is 16.5. The van der Waals surface area contributed by atoms with Crippen molar-refractivity contribution in [1.29, 1.82) is 0 Å². The lowest BCUT2D eigenvalue weighted by molar-refractivity contribution is 0.241. The molecule has 0 saturated carbocycles. The molecule has 1 atom stereocenters. The van der Waals surface area contributed by atoms with Crippen LogP contribution in [-0.4, -0.2) is 11.1 Å². The van der Waals surface area contributed by atoms with Gasteiger partial charge in [-0.2, -0.15) is 0 Å². The molecular formula is C11H18N2O. The van der Waals surface area contributed by atoms with E-state index in [1.54, 1.807) is 6.20 Å². The third kappa shape index (κ3) is 3.00. The Morgan fingerprint density at radius 3 is 2.57 bits per heavy atom. The molecule has 0 amide bonds. The molecule has 0 spiro atoms. The molecule has 1 aromatic heterocycles. The SMILES string of the molecule is CC[C@@H](N)c1ccc(OC(C)C)cn1. The summed E-state index contributed by atoms with van der Waals surface area (Å²) in [7, 11) is 0. The minimum absolute atomic E-state index is 0.0306. The summed E-state index contributed by atoms with van der Waals surface area (Å²) in [5.41, 5.74) is 6.76. The molecule has 3 nitrogen and oxygen atoms in total. The van der Waals surface area contributed by atoms with Crippen LogP contribution in [0, 0.1) is 0 Å². The zero-order valence-corrected chi connectivity index (χ0v) is 9.03. The molecule has 1 aromatic rings. The van der Waals surface area contributed by atoms with Gasteiger partial charge in [-0.3, -0.25) is 4.98 Å². The Hall–Kier alpha value is -1.09. The Kier molecular flexibility index (Phi) is 3.89. The molecule has 1 rings (SSSR count).